The first-order valence-corrected chi connectivity index (χ1v) is 6.25. The van der Waals surface area contributed by atoms with E-state index < -0.39 is 0 Å². The molecule has 0 N–H and O–H groups in total. The van der Waals surface area contributed by atoms with Crippen molar-refractivity contribution in [3.63, 3.8) is 0 Å². The molecule has 0 saturated carbocycles. The predicted octanol–water partition coefficient (Wildman–Crippen LogP) is 4.82. The second-order valence-electron chi connectivity index (χ2n) is 4.02. The molecule has 0 heterocycles. The number of hydrogen-bond acceptors (Lipinski definition) is 1. The lowest BCUT2D eigenvalue weighted by Crippen LogP contribution is -1.98. The highest BCUT2D eigenvalue weighted by molar-refractivity contribution is 6.30. The molecule has 0 aliphatic rings. The standard InChI is InChI=1S/C16H15ClO/c1-13(14-5-3-2-4-6-14)11-12-18-16-9-7-15(17)8-10-16/h2-10H,1,11-12H2. The molecule has 0 atom stereocenters. The zero-order valence-electron chi connectivity index (χ0n) is 10.1. The summed E-state index contributed by atoms with van der Waals surface area (Å²) in [4.78, 5) is 0. The molecular formula is C16H15ClO. The molecule has 18 heavy (non-hydrogen) atoms. The van der Waals surface area contributed by atoms with Crippen molar-refractivity contribution in [1.82, 2.24) is 0 Å². The van der Waals surface area contributed by atoms with Crippen molar-refractivity contribution in [3.8, 4) is 5.75 Å². The average Bonchev–Trinajstić information content (AvgIpc) is 2.42. The van der Waals surface area contributed by atoms with Gasteiger partial charge in [-0.3, -0.25) is 0 Å². The molecule has 0 unspecified atom stereocenters. The van der Waals surface area contributed by atoms with Crippen molar-refractivity contribution in [1.29, 1.82) is 0 Å². The molecule has 0 bridgehead atoms. The maximum atomic E-state index is 5.81. The largest absolute Gasteiger partial charge is 0.493 e. The summed E-state index contributed by atoms with van der Waals surface area (Å²) in [5, 5.41) is 0.719. The highest BCUT2D eigenvalue weighted by Crippen LogP contribution is 2.18. The first kappa shape index (κ1) is 12.7. The Morgan fingerprint density at radius 1 is 1.00 bits per heavy atom. The molecule has 0 radical (unpaired) electrons. The summed E-state index contributed by atoms with van der Waals surface area (Å²) in [6, 6.07) is 17.5. The van der Waals surface area contributed by atoms with E-state index in [1.54, 1.807) is 0 Å². The predicted molar refractivity (Wildman–Crippen MR) is 77.0 cm³/mol. The van der Waals surface area contributed by atoms with E-state index in [9.17, 15) is 0 Å². The van der Waals surface area contributed by atoms with Gasteiger partial charge in [-0.05, 0) is 35.4 Å². The first-order valence-electron chi connectivity index (χ1n) is 5.87. The van der Waals surface area contributed by atoms with E-state index in [4.69, 9.17) is 16.3 Å². The lowest BCUT2D eigenvalue weighted by Gasteiger charge is -2.08. The van der Waals surface area contributed by atoms with Crippen LogP contribution < -0.4 is 4.74 Å². The summed E-state index contributed by atoms with van der Waals surface area (Å²) < 4.78 is 5.63. The highest BCUT2D eigenvalue weighted by atomic mass is 35.5. The third-order valence-electron chi connectivity index (χ3n) is 2.67. The van der Waals surface area contributed by atoms with Gasteiger partial charge in [0.2, 0.25) is 0 Å². The molecular weight excluding hydrogens is 244 g/mol. The lowest BCUT2D eigenvalue weighted by atomic mass is 10.1. The summed E-state index contributed by atoms with van der Waals surface area (Å²) in [7, 11) is 0. The Hall–Kier alpha value is -1.73. The van der Waals surface area contributed by atoms with Crippen LogP contribution in [-0.2, 0) is 0 Å². The van der Waals surface area contributed by atoms with Crippen LogP contribution in [0.25, 0.3) is 5.57 Å². The summed E-state index contributed by atoms with van der Waals surface area (Å²) in [5.41, 5.74) is 2.25. The Morgan fingerprint density at radius 2 is 1.67 bits per heavy atom. The molecule has 0 saturated heterocycles. The topological polar surface area (TPSA) is 9.23 Å². The van der Waals surface area contributed by atoms with E-state index in [-0.39, 0.29) is 0 Å². The van der Waals surface area contributed by atoms with Crippen LogP contribution in [0.3, 0.4) is 0 Å². The van der Waals surface area contributed by atoms with Gasteiger partial charge in [-0.1, -0.05) is 48.5 Å². The number of rotatable bonds is 5. The van der Waals surface area contributed by atoms with Crippen LogP contribution in [0.4, 0.5) is 0 Å². The molecule has 0 aliphatic carbocycles. The van der Waals surface area contributed by atoms with E-state index in [0.717, 1.165) is 28.3 Å². The van der Waals surface area contributed by atoms with E-state index in [0.29, 0.717) is 6.61 Å². The summed E-state index contributed by atoms with van der Waals surface area (Å²) in [6.45, 7) is 4.69. The zero-order valence-corrected chi connectivity index (χ0v) is 10.9. The Bertz CT molecular complexity index is 502. The van der Waals surface area contributed by atoms with E-state index in [1.807, 2.05) is 42.5 Å². The third kappa shape index (κ3) is 3.64. The first-order chi connectivity index (χ1) is 8.75. The maximum absolute atomic E-state index is 5.81. The summed E-state index contributed by atoms with van der Waals surface area (Å²) in [6.07, 6.45) is 0.812. The van der Waals surface area contributed by atoms with E-state index in [2.05, 4.69) is 18.7 Å². The zero-order chi connectivity index (χ0) is 12.8. The van der Waals surface area contributed by atoms with Crippen LogP contribution in [-0.4, -0.2) is 6.61 Å². The monoisotopic (exact) mass is 258 g/mol. The van der Waals surface area contributed by atoms with Gasteiger partial charge in [0.05, 0.1) is 6.61 Å². The Kier molecular flexibility index (Phi) is 4.43. The fourth-order valence-electron chi connectivity index (χ4n) is 1.64. The minimum Gasteiger partial charge on any atom is -0.493 e. The van der Waals surface area contributed by atoms with Gasteiger partial charge in [0.1, 0.15) is 5.75 Å². The Balaban J connectivity index is 1.82. The molecule has 2 heteroatoms. The number of halogens is 1. The molecule has 92 valence electrons. The number of benzene rings is 2. The Morgan fingerprint density at radius 3 is 2.33 bits per heavy atom. The van der Waals surface area contributed by atoms with Crippen molar-refractivity contribution in [3.05, 3.63) is 71.8 Å². The minimum atomic E-state index is 0.620. The number of ether oxygens (including phenoxy) is 1. The lowest BCUT2D eigenvalue weighted by molar-refractivity contribution is 0.327. The summed E-state index contributed by atoms with van der Waals surface area (Å²) in [5.74, 6) is 0.834. The fourth-order valence-corrected chi connectivity index (χ4v) is 1.77. The minimum absolute atomic E-state index is 0.620. The number of hydrogen-bond donors (Lipinski definition) is 0. The van der Waals surface area contributed by atoms with Crippen molar-refractivity contribution >= 4 is 17.2 Å². The SMILES string of the molecule is C=C(CCOc1ccc(Cl)cc1)c1ccccc1. The second kappa shape index (κ2) is 6.27. The molecule has 1 nitrogen and oxygen atoms in total. The Labute approximate surface area is 113 Å². The van der Waals surface area contributed by atoms with Gasteiger partial charge in [-0.2, -0.15) is 0 Å². The molecule has 0 aliphatic heterocycles. The fraction of sp³-hybridized carbons (Fsp3) is 0.125. The van der Waals surface area contributed by atoms with Crippen LogP contribution in [0.15, 0.2) is 61.2 Å². The normalized spacial score (nSPS) is 10.1. The molecule has 2 aromatic carbocycles. The van der Waals surface area contributed by atoms with Gasteiger partial charge in [-0.25, -0.2) is 0 Å². The smallest absolute Gasteiger partial charge is 0.119 e. The average molecular weight is 259 g/mol. The molecule has 2 aromatic rings. The van der Waals surface area contributed by atoms with Crippen LogP contribution in [0.2, 0.25) is 5.02 Å². The van der Waals surface area contributed by atoms with Crippen molar-refractivity contribution < 1.29 is 4.74 Å². The highest BCUT2D eigenvalue weighted by Gasteiger charge is 1.99. The van der Waals surface area contributed by atoms with Gasteiger partial charge < -0.3 is 4.74 Å². The van der Waals surface area contributed by atoms with Crippen LogP contribution >= 0.6 is 11.6 Å². The van der Waals surface area contributed by atoms with E-state index >= 15 is 0 Å². The van der Waals surface area contributed by atoms with Gasteiger partial charge in [0.25, 0.3) is 0 Å². The van der Waals surface area contributed by atoms with E-state index in [1.165, 1.54) is 0 Å². The van der Waals surface area contributed by atoms with Crippen LogP contribution in [0, 0.1) is 0 Å². The quantitative estimate of drug-likeness (QED) is 0.747. The molecule has 0 fully saturated rings. The van der Waals surface area contributed by atoms with Gasteiger partial charge in [0.15, 0.2) is 0 Å². The molecule has 2 rings (SSSR count). The van der Waals surface area contributed by atoms with Crippen molar-refractivity contribution in [2.75, 3.05) is 6.61 Å². The van der Waals surface area contributed by atoms with Crippen LogP contribution in [0.5, 0.6) is 5.75 Å². The van der Waals surface area contributed by atoms with Crippen molar-refractivity contribution in [2.45, 2.75) is 6.42 Å². The second-order valence-corrected chi connectivity index (χ2v) is 4.46. The molecule has 0 spiro atoms. The van der Waals surface area contributed by atoms with Crippen LogP contribution in [0.1, 0.15) is 12.0 Å². The van der Waals surface area contributed by atoms with Crippen molar-refractivity contribution in [2.24, 2.45) is 0 Å². The maximum Gasteiger partial charge on any atom is 0.119 e. The van der Waals surface area contributed by atoms with Gasteiger partial charge in [-0.15, -0.1) is 0 Å². The summed E-state index contributed by atoms with van der Waals surface area (Å²) >= 11 is 5.81. The van der Waals surface area contributed by atoms with Gasteiger partial charge in [0, 0.05) is 11.4 Å². The molecule has 0 amide bonds. The van der Waals surface area contributed by atoms with Gasteiger partial charge >= 0.3 is 0 Å². The third-order valence-corrected chi connectivity index (χ3v) is 2.92. The molecule has 0 aromatic heterocycles.